The molecular formula is C21H21N3O3. The molecule has 1 saturated heterocycles. The molecule has 2 aliphatic rings. The highest BCUT2D eigenvalue weighted by atomic mass is 16.2. The smallest absolute Gasteiger partial charge is 0.256 e. The zero-order chi connectivity index (χ0) is 19.0. The van der Waals surface area contributed by atoms with Crippen LogP contribution in [0.1, 0.15) is 28.8 Å². The van der Waals surface area contributed by atoms with Gasteiger partial charge in [0.25, 0.3) is 5.91 Å². The third kappa shape index (κ3) is 3.18. The number of hydrogen-bond donors (Lipinski definition) is 1. The minimum Gasteiger partial charge on any atom is -0.327 e. The largest absolute Gasteiger partial charge is 0.327 e. The molecular weight excluding hydrogens is 342 g/mol. The maximum atomic E-state index is 13.1. The molecule has 0 bridgehead atoms. The van der Waals surface area contributed by atoms with Crippen molar-refractivity contribution in [1.29, 1.82) is 0 Å². The highest BCUT2D eigenvalue weighted by Crippen LogP contribution is 2.32. The fourth-order valence-electron chi connectivity index (χ4n) is 3.75. The number of hydrogen-bond acceptors (Lipinski definition) is 3. The summed E-state index contributed by atoms with van der Waals surface area (Å²) in [7, 11) is 0. The molecule has 3 amide bonds. The van der Waals surface area contributed by atoms with E-state index in [1.165, 1.54) is 4.90 Å². The number of nitrogens with zero attached hydrogens (tertiary/aromatic N) is 2. The van der Waals surface area contributed by atoms with Crippen LogP contribution in [0.3, 0.4) is 0 Å². The van der Waals surface area contributed by atoms with E-state index in [2.05, 4.69) is 5.32 Å². The molecule has 2 heterocycles. The zero-order valence-electron chi connectivity index (χ0n) is 15.1. The van der Waals surface area contributed by atoms with Crippen LogP contribution in [0.5, 0.6) is 0 Å². The van der Waals surface area contributed by atoms with Gasteiger partial charge in [-0.05, 0) is 44.0 Å². The lowest BCUT2D eigenvalue weighted by Gasteiger charge is -2.25. The third-order valence-corrected chi connectivity index (χ3v) is 5.13. The molecule has 1 atom stereocenters. The molecule has 0 aromatic heterocycles. The van der Waals surface area contributed by atoms with Crippen molar-refractivity contribution in [2.24, 2.45) is 0 Å². The topological polar surface area (TPSA) is 69.7 Å². The standard InChI is InChI=1S/C21H21N3O3/c1-14-8-10-15(11-9-14)22-19(25)13-24-17-6-3-2-5-16(17)20(26)23-12-4-7-18(23)21(24)27/h2-3,5-6,8-11,18H,4,7,12-13H2,1H3,(H,22,25). The molecule has 2 aliphatic heterocycles. The number of aryl methyl sites for hydroxylation is 1. The lowest BCUT2D eigenvalue weighted by Crippen LogP contribution is -2.47. The van der Waals surface area contributed by atoms with E-state index in [1.807, 2.05) is 31.2 Å². The first kappa shape index (κ1) is 17.3. The Morgan fingerprint density at radius 3 is 2.63 bits per heavy atom. The number of rotatable bonds is 3. The van der Waals surface area contributed by atoms with Crippen molar-refractivity contribution in [2.75, 3.05) is 23.3 Å². The van der Waals surface area contributed by atoms with Crippen LogP contribution in [0, 0.1) is 6.92 Å². The minimum absolute atomic E-state index is 0.124. The van der Waals surface area contributed by atoms with Crippen molar-refractivity contribution in [1.82, 2.24) is 4.90 Å². The first-order chi connectivity index (χ1) is 13.0. The first-order valence-corrected chi connectivity index (χ1v) is 9.12. The number of carbonyl (C=O) groups excluding carboxylic acids is 3. The van der Waals surface area contributed by atoms with Gasteiger partial charge in [-0.25, -0.2) is 0 Å². The van der Waals surface area contributed by atoms with Crippen LogP contribution in [0.2, 0.25) is 0 Å². The van der Waals surface area contributed by atoms with E-state index in [0.717, 1.165) is 12.0 Å². The summed E-state index contributed by atoms with van der Waals surface area (Å²) in [5, 5.41) is 2.83. The fourth-order valence-corrected chi connectivity index (χ4v) is 3.75. The van der Waals surface area contributed by atoms with Gasteiger partial charge in [-0.15, -0.1) is 0 Å². The summed E-state index contributed by atoms with van der Waals surface area (Å²) in [6.07, 6.45) is 1.43. The van der Waals surface area contributed by atoms with Crippen molar-refractivity contribution < 1.29 is 14.4 Å². The van der Waals surface area contributed by atoms with Gasteiger partial charge in [-0.2, -0.15) is 0 Å². The Kier molecular flexibility index (Phi) is 4.39. The summed E-state index contributed by atoms with van der Waals surface area (Å²) >= 11 is 0. The van der Waals surface area contributed by atoms with E-state index >= 15 is 0 Å². The Hall–Kier alpha value is -3.15. The number of carbonyl (C=O) groups is 3. The summed E-state index contributed by atoms with van der Waals surface area (Å²) in [6, 6.07) is 14.0. The van der Waals surface area contributed by atoms with Crippen molar-refractivity contribution in [2.45, 2.75) is 25.8 Å². The predicted octanol–water partition coefficient (Wildman–Crippen LogP) is 2.58. The molecule has 0 spiro atoms. The third-order valence-electron chi connectivity index (χ3n) is 5.13. The van der Waals surface area contributed by atoms with Crippen LogP contribution >= 0.6 is 0 Å². The van der Waals surface area contributed by atoms with Gasteiger partial charge in [0.2, 0.25) is 11.8 Å². The highest BCUT2D eigenvalue weighted by molar-refractivity contribution is 6.13. The SMILES string of the molecule is Cc1ccc(NC(=O)CN2C(=O)C3CCCN3C(=O)c3ccccc32)cc1. The zero-order valence-corrected chi connectivity index (χ0v) is 15.1. The monoisotopic (exact) mass is 363 g/mol. The number of nitrogens with one attached hydrogen (secondary N) is 1. The molecule has 1 fully saturated rings. The lowest BCUT2D eigenvalue weighted by molar-refractivity contribution is -0.124. The average molecular weight is 363 g/mol. The van der Waals surface area contributed by atoms with Gasteiger partial charge >= 0.3 is 0 Å². The molecule has 0 aliphatic carbocycles. The van der Waals surface area contributed by atoms with Crippen LogP contribution in [0.25, 0.3) is 0 Å². The summed E-state index contributed by atoms with van der Waals surface area (Å²) in [6.45, 7) is 2.43. The minimum atomic E-state index is -0.489. The van der Waals surface area contributed by atoms with E-state index in [9.17, 15) is 14.4 Å². The molecule has 4 rings (SSSR count). The van der Waals surface area contributed by atoms with Gasteiger partial charge in [-0.3, -0.25) is 14.4 Å². The molecule has 1 N–H and O–H groups in total. The number of amides is 3. The van der Waals surface area contributed by atoms with Gasteiger partial charge in [0.05, 0.1) is 11.3 Å². The van der Waals surface area contributed by atoms with Crippen molar-refractivity contribution in [3.63, 3.8) is 0 Å². The second-order valence-electron chi connectivity index (χ2n) is 7.01. The lowest BCUT2D eigenvalue weighted by atomic mass is 10.1. The summed E-state index contributed by atoms with van der Waals surface area (Å²) < 4.78 is 0. The second-order valence-corrected chi connectivity index (χ2v) is 7.01. The van der Waals surface area contributed by atoms with Crippen molar-refractivity contribution >= 4 is 29.1 Å². The molecule has 6 heteroatoms. The van der Waals surface area contributed by atoms with Gasteiger partial charge in [0, 0.05) is 12.2 Å². The number of para-hydroxylation sites is 1. The Balaban J connectivity index is 1.62. The second kappa shape index (κ2) is 6.87. The summed E-state index contributed by atoms with van der Waals surface area (Å²) in [4.78, 5) is 41.7. The first-order valence-electron chi connectivity index (χ1n) is 9.12. The normalized spacial score (nSPS) is 18.8. The van der Waals surface area contributed by atoms with Crippen LogP contribution in [-0.4, -0.2) is 41.8 Å². The van der Waals surface area contributed by atoms with E-state index in [4.69, 9.17) is 0 Å². The van der Waals surface area contributed by atoms with Gasteiger partial charge in [0.15, 0.2) is 0 Å². The summed E-state index contributed by atoms with van der Waals surface area (Å²) in [5.41, 5.74) is 2.75. The van der Waals surface area contributed by atoms with E-state index in [0.29, 0.717) is 29.9 Å². The Morgan fingerprint density at radius 1 is 1.11 bits per heavy atom. The fraction of sp³-hybridized carbons (Fsp3) is 0.286. The average Bonchev–Trinajstić information content (AvgIpc) is 3.14. The van der Waals surface area contributed by atoms with E-state index < -0.39 is 6.04 Å². The van der Waals surface area contributed by atoms with Crippen molar-refractivity contribution in [3.8, 4) is 0 Å². The molecule has 138 valence electrons. The Labute approximate surface area is 157 Å². The molecule has 6 nitrogen and oxygen atoms in total. The van der Waals surface area contributed by atoms with E-state index in [1.54, 1.807) is 29.2 Å². The Bertz CT molecular complexity index is 907. The summed E-state index contributed by atoms with van der Waals surface area (Å²) in [5.74, 6) is -0.617. The molecule has 0 radical (unpaired) electrons. The van der Waals surface area contributed by atoms with Gasteiger partial charge < -0.3 is 15.1 Å². The van der Waals surface area contributed by atoms with E-state index in [-0.39, 0.29) is 24.3 Å². The quantitative estimate of drug-likeness (QED) is 0.911. The molecule has 27 heavy (non-hydrogen) atoms. The predicted molar refractivity (Wildman–Crippen MR) is 103 cm³/mol. The Morgan fingerprint density at radius 2 is 1.85 bits per heavy atom. The highest BCUT2D eigenvalue weighted by Gasteiger charge is 2.42. The van der Waals surface area contributed by atoms with Crippen LogP contribution < -0.4 is 10.2 Å². The maximum absolute atomic E-state index is 13.1. The number of anilines is 2. The molecule has 1 unspecified atom stereocenters. The van der Waals surface area contributed by atoms with Crippen molar-refractivity contribution in [3.05, 3.63) is 59.7 Å². The molecule has 2 aromatic rings. The van der Waals surface area contributed by atoms with Crippen LogP contribution in [0.15, 0.2) is 48.5 Å². The number of fused-ring (bicyclic) bond motifs is 2. The van der Waals surface area contributed by atoms with Crippen LogP contribution in [0.4, 0.5) is 11.4 Å². The van der Waals surface area contributed by atoms with Gasteiger partial charge in [0.1, 0.15) is 12.6 Å². The van der Waals surface area contributed by atoms with Crippen LogP contribution in [-0.2, 0) is 9.59 Å². The molecule has 0 saturated carbocycles. The van der Waals surface area contributed by atoms with Gasteiger partial charge in [-0.1, -0.05) is 29.8 Å². The number of benzene rings is 2. The maximum Gasteiger partial charge on any atom is 0.256 e. The molecule has 2 aromatic carbocycles.